The molecule has 6 heteroatoms. The lowest BCUT2D eigenvalue weighted by Gasteiger charge is -2.10. The Labute approximate surface area is 111 Å². The van der Waals surface area contributed by atoms with Gasteiger partial charge in [0, 0.05) is 0 Å². The van der Waals surface area contributed by atoms with E-state index in [1.807, 2.05) is 0 Å². The second-order valence-corrected chi connectivity index (χ2v) is 4.64. The Morgan fingerprint density at radius 3 is 1.26 bits per heavy atom. The summed E-state index contributed by atoms with van der Waals surface area (Å²) in [6.45, 7) is 2.49. The number of hydrogen-bond acceptors (Lipinski definition) is 4. The van der Waals surface area contributed by atoms with Crippen LogP contribution in [0.15, 0.2) is 0 Å². The van der Waals surface area contributed by atoms with Gasteiger partial charge in [0.15, 0.2) is 0 Å². The smallest absolute Gasteiger partial charge is 0.314 e. The molecule has 0 rings (SSSR count). The minimum absolute atomic E-state index is 0.252. The van der Waals surface area contributed by atoms with E-state index in [0.717, 1.165) is 0 Å². The maximum absolute atomic E-state index is 11.0. The first-order valence-electron chi connectivity index (χ1n) is 6.23. The number of ketones is 2. The fourth-order valence-corrected chi connectivity index (χ4v) is 1.87. The molecule has 0 saturated heterocycles. The van der Waals surface area contributed by atoms with E-state index in [2.05, 4.69) is 0 Å². The van der Waals surface area contributed by atoms with Crippen LogP contribution in [-0.4, -0.2) is 33.7 Å². The molecule has 0 heterocycles. The number of carboxylic acids is 2. The van der Waals surface area contributed by atoms with E-state index in [1.54, 1.807) is 0 Å². The summed E-state index contributed by atoms with van der Waals surface area (Å²) in [5.74, 6) is -4.97. The predicted octanol–water partition coefficient (Wildman–Crippen LogP) is 1.52. The molecule has 0 aliphatic rings. The zero-order valence-electron chi connectivity index (χ0n) is 11.2. The van der Waals surface area contributed by atoms with Gasteiger partial charge in [-0.25, -0.2) is 0 Å². The number of carbonyl (C=O) groups excluding carboxylic acids is 2. The van der Waals surface area contributed by atoms with Gasteiger partial charge < -0.3 is 10.2 Å². The topological polar surface area (TPSA) is 109 Å². The van der Waals surface area contributed by atoms with Gasteiger partial charge in [0.1, 0.15) is 23.4 Å². The lowest BCUT2D eigenvalue weighted by atomic mass is 9.94. The zero-order valence-corrected chi connectivity index (χ0v) is 11.2. The van der Waals surface area contributed by atoms with Crippen LogP contribution in [0.1, 0.15) is 46.0 Å². The summed E-state index contributed by atoms with van der Waals surface area (Å²) in [4.78, 5) is 43.6. The molecule has 2 atom stereocenters. The van der Waals surface area contributed by atoms with E-state index >= 15 is 0 Å². The van der Waals surface area contributed by atoms with Crippen molar-refractivity contribution in [3.8, 4) is 0 Å². The van der Waals surface area contributed by atoms with Crippen molar-refractivity contribution < 1.29 is 29.4 Å². The van der Waals surface area contributed by atoms with Gasteiger partial charge in [0.05, 0.1) is 0 Å². The number of rotatable bonds is 10. The van der Waals surface area contributed by atoms with Crippen molar-refractivity contribution >= 4 is 23.5 Å². The van der Waals surface area contributed by atoms with E-state index in [0.29, 0.717) is 19.3 Å². The van der Waals surface area contributed by atoms with Gasteiger partial charge in [-0.15, -0.1) is 0 Å². The Morgan fingerprint density at radius 2 is 1.05 bits per heavy atom. The number of carbonyl (C=O) groups is 4. The van der Waals surface area contributed by atoms with E-state index in [1.165, 1.54) is 13.8 Å². The molecule has 6 nitrogen and oxygen atoms in total. The lowest BCUT2D eigenvalue weighted by molar-refractivity contribution is -0.147. The minimum atomic E-state index is -1.13. The van der Waals surface area contributed by atoms with Gasteiger partial charge in [-0.05, 0) is 26.7 Å². The van der Waals surface area contributed by atoms with Crippen molar-refractivity contribution in [3.63, 3.8) is 0 Å². The molecular formula is C13H20O6. The Bertz CT molecular complexity index is 298. The Balaban J connectivity index is 3.98. The third-order valence-corrected chi connectivity index (χ3v) is 3.06. The van der Waals surface area contributed by atoms with E-state index < -0.39 is 23.8 Å². The first kappa shape index (κ1) is 17.3. The number of hydrogen-bond donors (Lipinski definition) is 2. The molecule has 108 valence electrons. The van der Waals surface area contributed by atoms with Crippen LogP contribution in [0.4, 0.5) is 0 Å². The average Bonchev–Trinajstić information content (AvgIpc) is 2.25. The number of unbranched alkanes of at least 4 members (excludes halogenated alkanes) is 2. The number of carboxylic acid groups (broad SMARTS) is 2. The highest BCUT2D eigenvalue weighted by molar-refractivity contribution is 5.97. The molecule has 0 bridgehead atoms. The molecule has 0 radical (unpaired) electrons. The summed E-state index contributed by atoms with van der Waals surface area (Å²) in [7, 11) is 0. The largest absolute Gasteiger partial charge is 0.481 e. The summed E-state index contributed by atoms with van der Waals surface area (Å²) in [6.07, 6.45) is 2.17. The second kappa shape index (κ2) is 8.39. The van der Waals surface area contributed by atoms with Crippen LogP contribution >= 0.6 is 0 Å². The molecule has 0 aliphatic carbocycles. The molecule has 2 unspecified atom stereocenters. The Morgan fingerprint density at radius 1 is 0.737 bits per heavy atom. The molecule has 2 N–H and O–H groups in total. The lowest BCUT2D eigenvalue weighted by Crippen LogP contribution is -2.22. The highest BCUT2D eigenvalue weighted by Gasteiger charge is 2.23. The number of aliphatic carboxylic acids is 2. The van der Waals surface area contributed by atoms with Gasteiger partial charge >= 0.3 is 11.9 Å². The van der Waals surface area contributed by atoms with E-state index in [-0.39, 0.29) is 24.4 Å². The van der Waals surface area contributed by atoms with Crippen LogP contribution in [0.5, 0.6) is 0 Å². The van der Waals surface area contributed by atoms with Crippen molar-refractivity contribution in [2.24, 2.45) is 11.8 Å². The summed E-state index contributed by atoms with van der Waals surface area (Å²) in [5, 5.41) is 17.6. The summed E-state index contributed by atoms with van der Waals surface area (Å²) < 4.78 is 0. The molecule has 0 aliphatic heterocycles. The van der Waals surface area contributed by atoms with Crippen LogP contribution in [0, 0.1) is 11.8 Å². The van der Waals surface area contributed by atoms with Crippen LogP contribution in [0.2, 0.25) is 0 Å². The van der Waals surface area contributed by atoms with Crippen molar-refractivity contribution in [2.45, 2.75) is 46.0 Å². The van der Waals surface area contributed by atoms with Gasteiger partial charge in [0.25, 0.3) is 0 Å². The molecule has 0 amide bonds. The average molecular weight is 272 g/mol. The molecule has 19 heavy (non-hydrogen) atoms. The first-order chi connectivity index (χ1) is 8.77. The van der Waals surface area contributed by atoms with Gasteiger partial charge in [-0.1, -0.05) is 19.3 Å². The zero-order chi connectivity index (χ0) is 15.0. The first-order valence-corrected chi connectivity index (χ1v) is 6.23. The maximum atomic E-state index is 11.0. The van der Waals surface area contributed by atoms with Gasteiger partial charge in [-0.3, -0.25) is 19.2 Å². The van der Waals surface area contributed by atoms with Crippen molar-refractivity contribution in [1.82, 2.24) is 0 Å². The van der Waals surface area contributed by atoms with Crippen LogP contribution in [0.3, 0.4) is 0 Å². The highest BCUT2D eigenvalue weighted by atomic mass is 16.4. The summed E-state index contributed by atoms with van der Waals surface area (Å²) >= 11 is 0. The Kier molecular flexibility index (Phi) is 7.63. The standard InChI is InChI=1S/C13H20O6/c1-8(14)10(12(16)17)6-4-3-5-7-11(9(2)15)13(18)19/h10-11H,3-7H2,1-2H3,(H,16,17)(H,18,19). The van der Waals surface area contributed by atoms with Crippen molar-refractivity contribution in [1.29, 1.82) is 0 Å². The summed E-state index contributed by atoms with van der Waals surface area (Å²) in [5.41, 5.74) is 0. The molecule has 0 saturated carbocycles. The van der Waals surface area contributed by atoms with Gasteiger partial charge in [-0.2, -0.15) is 0 Å². The maximum Gasteiger partial charge on any atom is 0.314 e. The monoisotopic (exact) mass is 272 g/mol. The van der Waals surface area contributed by atoms with Crippen LogP contribution in [0.25, 0.3) is 0 Å². The molecule has 0 fully saturated rings. The second-order valence-electron chi connectivity index (χ2n) is 4.64. The van der Waals surface area contributed by atoms with Crippen molar-refractivity contribution in [2.75, 3.05) is 0 Å². The Hall–Kier alpha value is -1.72. The van der Waals surface area contributed by atoms with E-state index in [4.69, 9.17) is 10.2 Å². The summed E-state index contributed by atoms with van der Waals surface area (Å²) in [6, 6.07) is 0. The third-order valence-electron chi connectivity index (χ3n) is 3.06. The molecule has 0 aromatic rings. The highest BCUT2D eigenvalue weighted by Crippen LogP contribution is 2.16. The fourth-order valence-electron chi connectivity index (χ4n) is 1.87. The normalized spacial score (nSPS) is 13.6. The predicted molar refractivity (Wildman–Crippen MR) is 66.7 cm³/mol. The van der Waals surface area contributed by atoms with Gasteiger partial charge in [0.2, 0.25) is 0 Å². The van der Waals surface area contributed by atoms with Crippen molar-refractivity contribution in [3.05, 3.63) is 0 Å². The molecular weight excluding hydrogens is 252 g/mol. The fraction of sp³-hybridized carbons (Fsp3) is 0.692. The third kappa shape index (κ3) is 6.69. The molecule has 0 aromatic carbocycles. The SMILES string of the molecule is CC(=O)C(CCCCCC(C(C)=O)C(=O)O)C(=O)O. The molecule has 0 aromatic heterocycles. The molecule has 0 spiro atoms. The van der Waals surface area contributed by atoms with Crippen LogP contribution in [-0.2, 0) is 19.2 Å². The van der Waals surface area contributed by atoms with Crippen LogP contribution < -0.4 is 0 Å². The number of Topliss-reactive ketones (excluding diaryl/α,β-unsaturated/α-hetero) is 2. The minimum Gasteiger partial charge on any atom is -0.481 e. The quantitative estimate of drug-likeness (QED) is 0.461. The van der Waals surface area contributed by atoms with E-state index in [9.17, 15) is 19.2 Å².